The summed E-state index contributed by atoms with van der Waals surface area (Å²) in [6, 6.07) is 16.4. The molecular formula is C28H30N2O5. The van der Waals surface area contributed by atoms with Crippen LogP contribution < -0.4 is 5.32 Å². The van der Waals surface area contributed by atoms with Gasteiger partial charge in [-0.2, -0.15) is 0 Å². The van der Waals surface area contributed by atoms with Gasteiger partial charge in [-0.1, -0.05) is 48.5 Å². The van der Waals surface area contributed by atoms with E-state index in [4.69, 9.17) is 4.74 Å². The Morgan fingerprint density at radius 1 is 1.03 bits per heavy atom. The first-order chi connectivity index (χ1) is 17.0. The maximum absolute atomic E-state index is 13.3. The van der Waals surface area contributed by atoms with E-state index < -0.39 is 23.4 Å². The Morgan fingerprint density at radius 3 is 2.40 bits per heavy atom. The van der Waals surface area contributed by atoms with Crippen LogP contribution in [-0.2, 0) is 14.3 Å². The largest absolute Gasteiger partial charge is 0.481 e. The van der Waals surface area contributed by atoms with Crippen LogP contribution >= 0.6 is 0 Å². The number of hydrogen-bond acceptors (Lipinski definition) is 4. The lowest BCUT2D eigenvalue weighted by Gasteiger charge is -2.33. The van der Waals surface area contributed by atoms with E-state index in [0.29, 0.717) is 25.9 Å². The van der Waals surface area contributed by atoms with Crippen molar-refractivity contribution in [2.75, 3.05) is 19.7 Å². The summed E-state index contributed by atoms with van der Waals surface area (Å²) in [4.78, 5) is 39.1. The van der Waals surface area contributed by atoms with Gasteiger partial charge in [-0.05, 0) is 60.3 Å². The number of aliphatic carboxylic acids is 1. The highest BCUT2D eigenvalue weighted by atomic mass is 16.5. The molecular weight excluding hydrogens is 444 g/mol. The van der Waals surface area contributed by atoms with Crippen LogP contribution in [0, 0.1) is 17.3 Å². The van der Waals surface area contributed by atoms with Crippen LogP contribution in [-0.4, -0.2) is 53.7 Å². The van der Waals surface area contributed by atoms with Crippen LogP contribution in [0.15, 0.2) is 48.5 Å². The van der Waals surface area contributed by atoms with Crippen molar-refractivity contribution in [3.63, 3.8) is 0 Å². The zero-order valence-corrected chi connectivity index (χ0v) is 19.6. The zero-order chi connectivity index (χ0) is 24.2. The molecule has 0 spiro atoms. The third kappa shape index (κ3) is 3.77. The quantitative estimate of drug-likeness (QED) is 0.683. The molecule has 7 nitrogen and oxygen atoms in total. The highest BCUT2D eigenvalue weighted by Crippen LogP contribution is 2.64. The number of fused-ring (bicyclic) bond motifs is 4. The summed E-state index contributed by atoms with van der Waals surface area (Å²) in [7, 11) is 0. The fourth-order valence-corrected chi connectivity index (χ4v) is 6.75. The van der Waals surface area contributed by atoms with Crippen molar-refractivity contribution in [2.45, 2.75) is 44.1 Å². The summed E-state index contributed by atoms with van der Waals surface area (Å²) < 4.78 is 5.69. The number of alkyl carbamates (subject to hydrolysis) is 1. The average molecular weight is 475 g/mol. The molecule has 0 bridgehead atoms. The summed E-state index contributed by atoms with van der Waals surface area (Å²) in [6.07, 6.45) is 3.13. The minimum Gasteiger partial charge on any atom is -0.481 e. The maximum Gasteiger partial charge on any atom is 0.407 e. The van der Waals surface area contributed by atoms with E-state index in [1.54, 1.807) is 4.90 Å². The van der Waals surface area contributed by atoms with Gasteiger partial charge in [0.25, 0.3) is 0 Å². The molecule has 0 radical (unpaired) electrons. The van der Waals surface area contributed by atoms with Gasteiger partial charge in [-0.3, -0.25) is 9.59 Å². The molecule has 0 aromatic heterocycles. The normalized spacial score (nSPS) is 28.6. The number of ether oxygens (including phenoxy) is 1. The van der Waals surface area contributed by atoms with Gasteiger partial charge in [0.05, 0.1) is 11.3 Å². The van der Waals surface area contributed by atoms with E-state index in [1.807, 2.05) is 24.3 Å². The third-order valence-electron chi connectivity index (χ3n) is 8.56. The maximum atomic E-state index is 13.3. The van der Waals surface area contributed by atoms with Gasteiger partial charge in [-0.25, -0.2) is 4.79 Å². The highest BCUT2D eigenvalue weighted by molar-refractivity contribution is 5.87. The van der Waals surface area contributed by atoms with Gasteiger partial charge in [0.2, 0.25) is 5.91 Å². The van der Waals surface area contributed by atoms with Gasteiger partial charge in [0.1, 0.15) is 6.61 Å². The van der Waals surface area contributed by atoms with E-state index in [-0.39, 0.29) is 30.4 Å². The van der Waals surface area contributed by atoms with Gasteiger partial charge in [-0.15, -0.1) is 0 Å². The van der Waals surface area contributed by atoms with Crippen molar-refractivity contribution in [1.29, 1.82) is 0 Å². The monoisotopic (exact) mass is 474 g/mol. The predicted octanol–water partition coefficient (Wildman–Crippen LogP) is 4.02. The number of amides is 2. The molecule has 6 rings (SSSR count). The Hall–Kier alpha value is -3.35. The summed E-state index contributed by atoms with van der Waals surface area (Å²) in [5.74, 6) is -0.949. The molecule has 3 aliphatic carbocycles. The predicted molar refractivity (Wildman–Crippen MR) is 129 cm³/mol. The summed E-state index contributed by atoms with van der Waals surface area (Å²) in [5.41, 5.74) is 4.30. The molecule has 182 valence electrons. The second-order valence-corrected chi connectivity index (χ2v) is 10.6. The zero-order valence-electron chi connectivity index (χ0n) is 19.6. The van der Waals surface area contributed by atoms with Crippen LogP contribution in [0.5, 0.6) is 0 Å². The fraction of sp³-hybridized carbons (Fsp3) is 0.464. The number of nitrogens with zero attached hydrogens (tertiary/aromatic N) is 1. The number of carboxylic acids is 1. The standard InChI is InChI=1S/C28H30N2O5/c31-25(32)17-6-5-11-30(15-17)26(33)28-13-18(28)12-19(14-28)29-27(34)35-16-24-22-9-3-1-7-20(22)21-8-2-4-10-23(21)24/h1-4,7-10,17-19,24H,5-6,11-16H2,(H,29,34)(H,31,32)/t17-,18?,19?,28?/m0/s1. The Kier molecular flexibility index (Phi) is 5.31. The minimum absolute atomic E-state index is 0.0133. The van der Waals surface area contributed by atoms with Crippen LogP contribution in [0.1, 0.15) is 49.1 Å². The highest BCUT2D eigenvalue weighted by Gasteiger charge is 2.66. The van der Waals surface area contributed by atoms with E-state index in [9.17, 15) is 19.5 Å². The minimum atomic E-state index is -0.825. The second-order valence-electron chi connectivity index (χ2n) is 10.6. The molecule has 2 aromatic rings. The average Bonchev–Trinajstić information content (AvgIpc) is 3.30. The molecule has 7 heteroatoms. The summed E-state index contributed by atoms with van der Waals surface area (Å²) in [6.45, 7) is 1.19. The topological polar surface area (TPSA) is 95.9 Å². The number of benzene rings is 2. The van der Waals surface area contributed by atoms with Crippen molar-refractivity contribution in [2.24, 2.45) is 17.3 Å². The Balaban J connectivity index is 1.06. The third-order valence-corrected chi connectivity index (χ3v) is 8.56. The van der Waals surface area contributed by atoms with Crippen molar-refractivity contribution in [1.82, 2.24) is 10.2 Å². The SMILES string of the molecule is O=C(NC1CC2CC2(C(=O)N2CCC[C@H](C(=O)O)C2)C1)OCC1c2ccccc2-c2ccccc21. The first-order valence-corrected chi connectivity index (χ1v) is 12.6. The van der Waals surface area contributed by atoms with Crippen molar-refractivity contribution < 1.29 is 24.2 Å². The molecule has 4 aliphatic rings. The van der Waals surface area contributed by atoms with Gasteiger partial charge in [0, 0.05) is 25.0 Å². The van der Waals surface area contributed by atoms with E-state index in [0.717, 1.165) is 19.3 Å². The number of rotatable bonds is 5. The van der Waals surface area contributed by atoms with Crippen molar-refractivity contribution in [3.8, 4) is 11.1 Å². The molecule has 1 heterocycles. The summed E-state index contributed by atoms with van der Waals surface area (Å²) >= 11 is 0. The molecule has 2 amide bonds. The summed E-state index contributed by atoms with van der Waals surface area (Å²) in [5, 5.41) is 12.4. The molecule has 3 fully saturated rings. The van der Waals surface area contributed by atoms with Crippen LogP contribution in [0.25, 0.3) is 11.1 Å². The lowest BCUT2D eigenvalue weighted by Crippen LogP contribution is -2.46. The van der Waals surface area contributed by atoms with Crippen molar-refractivity contribution >= 4 is 18.0 Å². The molecule has 2 N–H and O–H groups in total. The Labute approximate surface area is 204 Å². The number of nitrogens with one attached hydrogen (secondary N) is 1. The van der Waals surface area contributed by atoms with Crippen molar-refractivity contribution in [3.05, 3.63) is 59.7 Å². The number of piperidine rings is 1. The fourth-order valence-electron chi connectivity index (χ4n) is 6.75. The number of carboxylic acid groups (broad SMARTS) is 1. The van der Waals surface area contributed by atoms with Crippen LogP contribution in [0.4, 0.5) is 4.79 Å². The van der Waals surface area contributed by atoms with Gasteiger partial charge in [0.15, 0.2) is 0 Å². The molecule has 2 saturated carbocycles. The Bertz CT molecular complexity index is 1150. The van der Waals surface area contributed by atoms with Gasteiger partial charge < -0.3 is 20.1 Å². The smallest absolute Gasteiger partial charge is 0.407 e. The molecule has 3 unspecified atom stereocenters. The molecule has 2 aromatic carbocycles. The lowest BCUT2D eigenvalue weighted by molar-refractivity contribution is -0.147. The Morgan fingerprint density at radius 2 is 1.71 bits per heavy atom. The molecule has 1 aliphatic heterocycles. The molecule has 4 atom stereocenters. The van der Waals surface area contributed by atoms with E-state index in [2.05, 4.69) is 29.6 Å². The first-order valence-electron chi connectivity index (χ1n) is 12.6. The number of hydrogen-bond donors (Lipinski definition) is 2. The lowest BCUT2D eigenvalue weighted by atomic mass is 9.94. The number of carbonyl (C=O) groups excluding carboxylic acids is 2. The van der Waals surface area contributed by atoms with Crippen LogP contribution in [0.2, 0.25) is 0 Å². The molecule has 35 heavy (non-hydrogen) atoms. The van der Waals surface area contributed by atoms with Gasteiger partial charge >= 0.3 is 12.1 Å². The number of likely N-dealkylation sites (tertiary alicyclic amines) is 1. The molecule has 1 saturated heterocycles. The second kappa shape index (κ2) is 8.40. The first kappa shape index (κ1) is 22.1. The number of carbonyl (C=O) groups is 3. The van der Waals surface area contributed by atoms with Crippen LogP contribution in [0.3, 0.4) is 0 Å². The van der Waals surface area contributed by atoms with E-state index in [1.165, 1.54) is 22.3 Å². The van der Waals surface area contributed by atoms with E-state index >= 15 is 0 Å².